The van der Waals surface area contributed by atoms with E-state index in [1.165, 1.54) is 0 Å². The Morgan fingerprint density at radius 2 is 2.12 bits per heavy atom. The molecule has 0 radical (unpaired) electrons. The summed E-state index contributed by atoms with van der Waals surface area (Å²) in [5, 5.41) is 11.5. The number of carboxylic acid groups (broad SMARTS) is 1. The van der Waals surface area contributed by atoms with E-state index in [-0.39, 0.29) is 5.91 Å². The summed E-state index contributed by atoms with van der Waals surface area (Å²) in [5.41, 5.74) is 0.187. The van der Waals surface area contributed by atoms with Gasteiger partial charge in [-0.1, -0.05) is 18.2 Å². The molecular weight excluding hydrogens is 338 g/mol. The molecule has 3 heterocycles. The molecular formula is C19H20NO6-. The second-order valence-electron chi connectivity index (χ2n) is 6.92. The SMILES string of the molecule is COc1ccc(CCN2C[C@@]34C=C[C@@H](O3)[C@H](C(=O)[O-])[C@H]4C2=O)cc1OC. The molecule has 1 spiro atoms. The number of aliphatic carboxylic acids is 1. The van der Waals surface area contributed by atoms with Crippen LogP contribution in [0.4, 0.5) is 0 Å². The molecule has 4 atom stereocenters. The quantitative estimate of drug-likeness (QED) is 0.653. The highest BCUT2D eigenvalue weighted by atomic mass is 16.5. The summed E-state index contributed by atoms with van der Waals surface area (Å²) in [6.07, 6.45) is 3.65. The minimum absolute atomic E-state index is 0.175. The minimum Gasteiger partial charge on any atom is -0.550 e. The van der Waals surface area contributed by atoms with E-state index in [9.17, 15) is 14.7 Å². The Bertz CT molecular complexity index is 790. The Balaban J connectivity index is 1.48. The third-order valence-electron chi connectivity index (χ3n) is 5.57. The smallest absolute Gasteiger partial charge is 0.229 e. The first-order valence-electron chi connectivity index (χ1n) is 8.57. The average Bonchev–Trinajstić information content (AvgIpc) is 3.27. The summed E-state index contributed by atoms with van der Waals surface area (Å²) >= 11 is 0. The van der Waals surface area contributed by atoms with Gasteiger partial charge >= 0.3 is 0 Å². The number of fused-ring (bicyclic) bond motifs is 1. The van der Waals surface area contributed by atoms with Crippen molar-refractivity contribution in [3.63, 3.8) is 0 Å². The second-order valence-corrected chi connectivity index (χ2v) is 6.92. The van der Waals surface area contributed by atoms with Gasteiger partial charge in [0.1, 0.15) is 5.60 Å². The van der Waals surface area contributed by atoms with Crippen molar-refractivity contribution < 1.29 is 28.9 Å². The van der Waals surface area contributed by atoms with Crippen molar-refractivity contribution in [1.29, 1.82) is 0 Å². The molecule has 0 N–H and O–H groups in total. The predicted molar refractivity (Wildman–Crippen MR) is 88.6 cm³/mol. The molecule has 7 heteroatoms. The molecule has 3 aliphatic rings. The molecule has 2 saturated heterocycles. The molecule has 2 bridgehead atoms. The van der Waals surface area contributed by atoms with Crippen molar-refractivity contribution in [2.24, 2.45) is 11.8 Å². The molecule has 138 valence electrons. The maximum Gasteiger partial charge on any atom is 0.229 e. The fourth-order valence-electron chi connectivity index (χ4n) is 4.34. The van der Waals surface area contributed by atoms with Crippen molar-refractivity contribution in [2.45, 2.75) is 18.1 Å². The van der Waals surface area contributed by atoms with Gasteiger partial charge in [0.05, 0.1) is 32.8 Å². The predicted octanol–water partition coefficient (Wildman–Crippen LogP) is -0.222. The van der Waals surface area contributed by atoms with Crippen LogP contribution in [0.5, 0.6) is 11.5 Å². The van der Waals surface area contributed by atoms with Crippen molar-refractivity contribution in [3.05, 3.63) is 35.9 Å². The average molecular weight is 358 g/mol. The van der Waals surface area contributed by atoms with Gasteiger partial charge in [0.15, 0.2) is 11.5 Å². The minimum atomic E-state index is -1.22. The number of likely N-dealkylation sites (tertiary alicyclic amines) is 1. The lowest BCUT2D eigenvalue weighted by atomic mass is 9.77. The van der Waals surface area contributed by atoms with Gasteiger partial charge in [0.25, 0.3) is 0 Å². The second kappa shape index (κ2) is 6.02. The van der Waals surface area contributed by atoms with E-state index < -0.39 is 29.5 Å². The largest absolute Gasteiger partial charge is 0.550 e. The van der Waals surface area contributed by atoms with Gasteiger partial charge in [-0.05, 0) is 24.1 Å². The van der Waals surface area contributed by atoms with Crippen molar-refractivity contribution in [2.75, 3.05) is 27.3 Å². The van der Waals surface area contributed by atoms with Gasteiger partial charge in [-0.25, -0.2) is 0 Å². The molecule has 0 unspecified atom stereocenters. The van der Waals surface area contributed by atoms with Crippen molar-refractivity contribution in [3.8, 4) is 11.5 Å². The van der Waals surface area contributed by atoms with Gasteiger partial charge in [0.2, 0.25) is 5.91 Å². The summed E-state index contributed by atoms with van der Waals surface area (Å²) in [7, 11) is 3.15. The lowest BCUT2D eigenvalue weighted by Crippen LogP contribution is -2.45. The van der Waals surface area contributed by atoms with Gasteiger partial charge in [-0.15, -0.1) is 0 Å². The van der Waals surface area contributed by atoms with Crippen LogP contribution >= 0.6 is 0 Å². The van der Waals surface area contributed by atoms with E-state index in [1.54, 1.807) is 25.2 Å². The summed E-state index contributed by atoms with van der Waals surface area (Å²) in [5.74, 6) is -1.70. The number of carbonyl (C=O) groups excluding carboxylic acids is 2. The zero-order valence-corrected chi connectivity index (χ0v) is 14.6. The van der Waals surface area contributed by atoms with Crippen LogP contribution in [-0.2, 0) is 20.7 Å². The van der Waals surface area contributed by atoms with Gasteiger partial charge < -0.3 is 29.0 Å². The lowest BCUT2D eigenvalue weighted by molar-refractivity contribution is -0.313. The number of benzene rings is 1. The number of methoxy groups -OCH3 is 2. The van der Waals surface area contributed by atoms with Crippen LogP contribution < -0.4 is 14.6 Å². The summed E-state index contributed by atoms with van der Waals surface area (Å²) in [6, 6.07) is 5.63. The lowest BCUT2D eigenvalue weighted by Gasteiger charge is -2.24. The van der Waals surface area contributed by atoms with Crippen LogP contribution in [0.3, 0.4) is 0 Å². The third-order valence-corrected chi connectivity index (χ3v) is 5.57. The fourth-order valence-corrected chi connectivity index (χ4v) is 4.34. The Hall–Kier alpha value is -2.54. The first-order valence-corrected chi connectivity index (χ1v) is 8.57. The van der Waals surface area contributed by atoms with Crippen LogP contribution in [0.2, 0.25) is 0 Å². The highest BCUT2D eigenvalue weighted by Gasteiger charge is 2.65. The molecule has 1 amide bonds. The van der Waals surface area contributed by atoms with Crippen molar-refractivity contribution in [1.82, 2.24) is 4.90 Å². The molecule has 1 aromatic rings. The third kappa shape index (κ3) is 2.38. The molecule has 7 nitrogen and oxygen atoms in total. The van der Waals surface area contributed by atoms with E-state index in [2.05, 4.69) is 0 Å². The maximum absolute atomic E-state index is 12.8. The van der Waals surface area contributed by atoms with Gasteiger partial charge in [-0.2, -0.15) is 0 Å². The number of hydrogen-bond acceptors (Lipinski definition) is 6. The monoisotopic (exact) mass is 358 g/mol. The Labute approximate surface area is 151 Å². The van der Waals surface area contributed by atoms with E-state index in [4.69, 9.17) is 14.2 Å². The molecule has 0 aliphatic carbocycles. The standard InChI is InChI=1S/C19H21NO6/c1-24-12-4-3-11(9-14(12)25-2)6-8-20-10-19-7-5-13(26-19)15(18(22)23)16(19)17(20)21/h3-5,7,9,13,15-16H,6,8,10H2,1-2H3,(H,22,23)/p-1/t13-,15+,16+,19-/m1/s1. The number of amides is 1. The fraction of sp³-hybridized carbons (Fsp3) is 0.474. The number of hydrogen-bond donors (Lipinski definition) is 0. The highest BCUT2D eigenvalue weighted by Crippen LogP contribution is 2.51. The van der Waals surface area contributed by atoms with Crippen molar-refractivity contribution >= 4 is 11.9 Å². The van der Waals surface area contributed by atoms with E-state index in [0.717, 1.165) is 5.56 Å². The Morgan fingerprint density at radius 1 is 1.35 bits per heavy atom. The zero-order chi connectivity index (χ0) is 18.5. The molecule has 0 aromatic heterocycles. The Morgan fingerprint density at radius 3 is 2.81 bits per heavy atom. The first kappa shape index (κ1) is 16.9. The first-order chi connectivity index (χ1) is 12.5. The van der Waals surface area contributed by atoms with E-state index in [1.807, 2.05) is 24.3 Å². The summed E-state index contributed by atoms with van der Waals surface area (Å²) < 4.78 is 16.4. The van der Waals surface area contributed by atoms with Crippen LogP contribution in [0.15, 0.2) is 30.4 Å². The molecule has 3 aliphatic heterocycles. The molecule has 4 rings (SSSR count). The van der Waals surface area contributed by atoms with Crippen LogP contribution in [0.25, 0.3) is 0 Å². The molecule has 1 aromatic carbocycles. The van der Waals surface area contributed by atoms with Crippen LogP contribution in [0, 0.1) is 11.8 Å². The van der Waals surface area contributed by atoms with Crippen LogP contribution in [-0.4, -0.2) is 55.8 Å². The van der Waals surface area contributed by atoms with E-state index in [0.29, 0.717) is 31.0 Å². The Kier molecular flexibility index (Phi) is 3.91. The normalized spacial score (nSPS) is 31.4. The number of nitrogens with zero attached hydrogens (tertiary/aromatic N) is 1. The number of ether oxygens (including phenoxy) is 3. The molecule has 0 saturated carbocycles. The summed E-state index contributed by atoms with van der Waals surface area (Å²) in [4.78, 5) is 26.0. The summed E-state index contributed by atoms with van der Waals surface area (Å²) in [6.45, 7) is 0.856. The van der Waals surface area contributed by atoms with Gasteiger partial charge in [0, 0.05) is 18.4 Å². The van der Waals surface area contributed by atoms with E-state index >= 15 is 0 Å². The topological polar surface area (TPSA) is 88.1 Å². The van der Waals surface area contributed by atoms with Crippen LogP contribution in [0.1, 0.15) is 5.56 Å². The van der Waals surface area contributed by atoms with Gasteiger partial charge in [-0.3, -0.25) is 4.79 Å². The molecule has 26 heavy (non-hydrogen) atoms. The molecule has 2 fully saturated rings. The number of carbonyl (C=O) groups is 2. The zero-order valence-electron chi connectivity index (χ0n) is 14.6. The number of carboxylic acids is 1. The maximum atomic E-state index is 12.8. The number of rotatable bonds is 6. The highest BCUT2D eigenvalue weighted by molar-refractivity contribution is 5.90.